The van der Waals surface area contributed by atoms with Gasteiger partial charge in [-0.3, -0.25) is 4.79 Å². The van der Waals surface area contributed by atoms with Crippen molar-refractivity contribution in [2.45, 2.75) is 24.5 Å². The molecule has 3 aromatic carbocycles. The number of nitrogens with zero attached hydrogens (tertiary/aromatic N) is 4. The number of aliphatic hydroxyl groups is 1. The van der Waals surface area contributed by atoms with E-state index < -0.39 is 11.6 Å². The maximum Gasteiger partial charge on any atom is 0.252 e. The molecule has 0 unspecified atom stereocenters. The minimum absolute atomic E-state index is 0.0544. The number of azide groups is 1. The second-order valence-electron chi connectivity index (χ2n) is 8.70. The van der Waals surface area contributed by atoms with Crippen LogP contribution in [0.3, 0.4) is 0 Å². The number of aliphatic imine (C=N–C) groups is 1. The summed E-state index contributed by atoms with van der Waals surface area (Å²) in [7, 11) is 0. The van der Waals surface area contributed by atoms with Crippen LogP contribution in [-0.4, -0.2) is 42.2 Å². The molecule has 0 saturated heterocycles. The van der Waals surface area contributed by atoms with Gasteiger partial charge >= 0.3 is 0 Å². The topological polar surface area (TPSA) is 129 Å². The molecule has 194 valence electrons. The van der Waals surface area contributed by atoms with Crippen LogP contribution in [0.25, 0.3) is 10.4 Å². The van der Waals surface area contributed by atoms with Crippen molar-refractivity contribution in [3.05, 3.63) is 119 Å². The van der Waals surface area contributed by atoms with Gasteiger partial charge in [-0.15, -0.1) is 6.58 Å². The average Bonchev–Trinajstić information content (AvgIpc) is 3.33. The second-order valence-corrected chi connectivity index (χ2v) is 8.70. The van der Waals surface area contributed by atoms with E-state index in [0.717, 1.165) is 5.56 Å². The Kier molecular flexibility index (Phi) is 8.77. The van der Waals surface area contributed by atoms with E-state index in [1.807, 2.05) is 42.5 Å². The van der Waals surface area contributed by atoms with Gasteiger partial charge in [0.05, 0.1) is 6.61 Å². The number of carbonyl (C=O) groups is 1. The zero-order valence-corrected chi connectivity index (χ0v) is 20.9. The number of aliphatic hydroxyl groups excluding tert-OH is 1. The van der Waals surface area contributed by atoms with Crippen molar-refractivity contribution < 1.29 is 19.4 Å². The molecule has 4 rings (SSSR count). The highest BCUT2D eigenvalue weighted by Gasteiger charge is 2.53. The molecule has 0 fully saturated rings. The molecule has 0 bridgehead atoms. The Morgan fingerprint density at radius 1 is 1.16 bits per heavy atom. The number of hydrogen-bond donors (Lipinski definition) is 2. The van der Waals surface area contributed by atoms with Crippen LogP contribution in [0.2, 0.25) is 0 Å². The number of benzene rings is 3. The van der Waals surface area contributed by atoms with Crippen molar-refractivity contribution in [3.8, 4) is 5.75 Å². The first-order valence-electron chi connectivity index (χ1n) is 12.3. The third-order valence-corrected chi connectivity index (χ3v) is 6.13. The van der Waals surface area contributed by atoms with Crippen LogP contribution < -0.4 is 10.1 Å². The number of carbonyl (C=O) groups excluding carboxylic acids is 1. The molecule has 2 atom stereocenters. The van der Waals surface area contributed by atoms with Crippen molar-refractivity contribution in [1.82, 2.24) is 5.32 Å². The van der Waals surface area contributed by atoms with Crippen molar-refractivity contribution in [2.24, 2.45) is 10.1 Å². The summed E-state index contributed by atoms with van der Waals surface area (Å²) in [4.78, 5) is 21.8. The first-order chi connectivity index (χ1) is 18.6. The molecule has 0 saturated carbocycles. The average molecular weight is 512 g/mol. The lowest BCUT2D eigenvalue weighted by atomic mass is 9.81. The zero-order chi connectivity index (χ0) is 26.8. The highest BCUT2D eigenvalue weighted by atomic mass is 16.5. The molecular formula is C29H29N5O4. The first kappa shape index (κ1) is 26.5. The van der Waals surface area contributed by atoms with E-state index in [-0.39, 0.29) is 31.4 Å². The highest BCUT2D eigenvalue weighted by molar-refractivity contribution is 6.01. The van der Waals surface area contributed by atoms with Crippen LogP contribution in [0.5, 0.6) is 5.75 Å². The molecule has 2 N–H and O–H groups in total. The quantitative estimate of drug-likeness (QED) is 0.114. The van der Waals surface area contributed by atoms with Crippen molar-refractivity contribution in [1.29, 1.82) is 0 Å². The molecule has 0 radical (unpaired) electrons. The number of nitrogens with one attached hydrogen (secondary N) is 1. The fourth-order valence-electron chi connectivity index (χ4n) is 4.33. The first-order valence-corrected chi connectivity index (χ1v) is 12.3. The van der Waals surface area contributed by atoms with E-state index in [4.69, 9.17) is 19.6 Å². The van der Waals surface area contributed by atoms with E-state index in [1.54, 1.807) is 42.5 Å². The Morgan fingerprint density at radius 2 is 1.89 bits per heavy atom. The summed E-state index contributed by atoms with van der Waals surface area (Å²) < 4.78 is 12.1. The highest BCUT2D eigenvalue weighted by Crippen LogP contribution is 2.45. The molecule has 1 heterocycles. The summed E-state index contributed by atoms with van der Waals surface area (Å²) in [5.74, 6) is 0.601. The predicted molar refractivity (Wildman–Crippen MR) is 145 cm³/mol. The standard InChI is InChI=1S/C29H29N5O4/c1-2-17-31-28(36)29(20-21-9-4-3-5-10-21)26(24-11-6-7-12-25(24)33-34-30)38-27(32-29)22-13-15-23(16-14-22)37-19-8-18-35/h2-7,9-16,26,35H,1,8,17-20H2,(H,31,36)/t26-,29-/m1/s1. The molecular weight excluding hydrogens is 482 g/mol. The van der Waals surface area contributed by atoms with Gasteiger partial charge in [0.25, 0.3) is 5.91 Å². The van der Waals surface area contributed by atoms with Gasteiger partial charge in [0, 0.05) is 47.7 Å². The van der Waals surface area contributed by atoms with Crippen molar-refractivity contribution >= 4 is 17.5 Å². The van der Waals surface area contributed by atoms with E-state index in [9.17, 15) is 10.3 Å². The number of rotatable bonds is 12. The van der Waals surface area contributed by atoms with Gasteiger partial charge in [-0.1, -0.05) is 65.8 Å². The molecule has 1 amide bonds. The van der Waals surface area contributed by atoms with Gasteiger partial charge in [0.15, 0.2) is 11.6 Å². The van der Waals surface area contributed by atoms with Gasteiger partial charge in [-0.05, 0) is 35.4 Å². The van der Waals surface area contributed by atoms with E-state index in [0.29, 0.717) is 35.6 Å². The van der Waals surface area contributed by atoms with Gasteiger partial charge < -0.3 is 19.9 Å². The van der Waals surface area contributed by atoms with Crippen LogP contribution in [0.1, 0.15) is 29.2 Å². The molecule has 3 aromatic rings. The van der Waals surface area contributed by atoms with E-state index in [2.05, 4.69) is 21.9 Å². The van der Waals surface area contributed by atoms with E-state index >= 15 is 0 Å². The fourth-order valence-corrected chi connectivity index (χ4v) is 4.33. The minimum Gasteiger partial charge on any atom is -0.494 e. The monoisotopic (exact) mass is 511 g/mol. The summed E-state index contributed by atoms with van der Waals surface area (Å²) in [6.07, 6.45) is 1.51. The van der Waals surface area contributed by atoms with Crippen molar-refractivity contribution in [2.75, 3.05) is 19.8 Å². The van der Waals surface area contributed by atoms with Crippen LogP contribution in [0.15, 0.2) is 102 Å². The molecule has 0 aromatic heterocycles. The number of amides is 1. The summed E-state index contributed by atoms with van der Waals surface area (Å²) in [5.41, 5.74) is 10.3. The molecule has 9 heteroatoms. The predicted octanol–water partition coefficient (Wildman–Crippen LogP) is 5.19. The summed E-state index contributed by atoms with van der Waals surface area (Å²) in [6.45, 7) is 4.42. The molecule has 38 heavy (non-hydrogen) atoms. The van der Waals surface area contributed by atoms with Crippen LogP contribution in [-0.2, 0) is 16.0 Å². The van der Waals surface area contributed by atoms with E-state index in [1.165, 1.54) is 0 Å². The summed E-state index contributed by atoms with van der Waals surface area (Å²) in [6, 6.07) is 23.8. The second kappa shape index (κ2) is 12.6. The maximum absolute atomic E-state index is 13.9. The SMILES string of the molecule is C=CCNC(=O)[C@]1(Cc2ccccc2)N=C(c2ccc(OCCCO)cc2)O[C@@H]1c1ccccc1N=[N+]=[N-]. The zero-order valence-electron chi connectivity index (χ0n) is 20.9. The van der Waals surface area contributed by atoms with Crippen LogP contribution >= 0.6 is 0 Å². The molecule has 1 aliphatic heterocycles. The number of hydrogen-bond acceptors (Lipinski definition) is 6. The van der Waals surface area contributed by atoms with Crippen molar-refractivity contribution in [3.63, 3.8) is 0 Å². The molecule has 9 nitrogen and oxygen atoms in total. The molecule has 0 spiro atoms. The Bertz CT molecular complexity index is 1340. The third kappa shape index (κ3) is 5.86. The van der Waals surface area contributed by atoms with Gasteiger partial charge in [0.1, 0.15) is 5.75 Å². The normalized spacial score (nSPS) is 18.0. The Labute approximate surface area is 221 Å². The van der Waals surface area contributed by atoms with Gasteiger partial charge in [-0.2, -0.15) is 0 Å². The largest absolute Gasteiger partial charge is 0.494 e. The van der Waals surface area contributed by atoms with Gasteiger partial charge in [0.2, 0.25) is 5.90 Å². The fraction of sp³-hybridized carbons (Fsp3) is 0.241. The lowest BCUT2D eigenvalue weighted by Gasteiger charge is -2.31. The lowest BCUT2D eigenvalue weighted by Crippen LogP contribution is -2.50. The summed E-state index contributed by atoms with van der Waals surface area (Å²) in [5, 5.41) is 15.7. The minimum atomic E-state index is -1.39. The lowest BCUT2D eigenvalue weighted by molar-refractivity contribution is -0.128. The Hall–Kier alpha value is -4.59. The maximum atomic E-state index is 13.9. The van der Waals surface area contributed by atoms with Crippen LogP contribution in [0.4, 0.5) is 5.69 Å². The number of ether oxygens (including phenoxy) is 2. The van der Waals surface area contributed by atoms with Gasteiger partial charge in [-0.25, -0.2) is 4.99 Å². The summed E-state index contributed by atoms with van der Waals surface area (Å²) >= 11 is 0. The van der Waals surface area contributed by atoms with Crippen LogP contribution in [0, 0.1) is 0 Å². The molecule has 0 aliphatic carbocycles. The Balaban J connectivity index is 1.82. The Morgan fingerprint density at radius 3 is 2.61 bits per heavy atom. The smallest absolute Gasteiger partial charge is 0.252 e. The third-order valence-electron chi connectivity index (χ3n) is 6.13. The molecule has 1 aliphatic rings.